The van der Waals surface area contributed by atoms with Gasteiger partial charge in [0.25, 0.3) is 0 Å². The van der Waals surface area contributed by atoms with Crippen LogP contribution in [0.1, 0.15) is 37.0 Å². The SMILES string of the molecule is CC.Cc1ccc2c(c1)C1=CC=C/C(=C/C=C\C2)C1. The van der Waals surface area contributed by atoms with Gasteiger partial charge >= 0.3 is 0 Å². The number of hydrogen-bond acceptors (Lipinski definition) is 0. The largest absolute Gasteiger partial charge is 0.0801 e. The first-order chi connectivity index (χ1) is 9.33. The maximum atomic E-state index is 2.32. The van der Waals surface area contributed by atoms with Crippen LogP contribution in [0.4, 0.5) is 0 Å². The monoisotopic (exact) mass is 250 g/mol. The van der Waals surface area contributed by atoms with Gasteiger partial charge in [-0.25, -0.2) is 0 Å². The molecule has 1 aromatic rings. The fraction of sp³-hybridized carbons (Fsp3) is 0.263. The molecule has 0 atom stereocenters. The number of rotatable bonds is 0. The Morgan fingerprint density at radius 1 is 1.00 bits per heavy atom. The first-order valence-corrected chi connectivity index (χ1v) is 7.16. The van der Waals surface area contributed by atoms with Crippen LogP contribution < -0.4 is 0 Å². The first-order valence-electron chi connectivity index (χ1n) is 7.16. The predicted molar refractivity (Wildman–Crippen MR) is 85.2 cm³/mol. The van der Waals surface area contributed by atoms with Crippen molar-refractivity contribution in [3.63, 3.8) is 0 Å². The summed E-state index contributed by atoms with van der Waals surface area (Å²) in [7, 11) is 0. The van der Waals surface area contributed by atoms with Crippen LogP contribution in [0.3, 0.4) is 0 Å². The Balaban J connectivity index is 0.000000637. The molecule has 0 N–H and O–H groups in total. The number of allylic oxidation sites excluding steroid dienone is 8. The predicted octanol–water partition coefficient (Wildman–Crippen LogP) is 5.40. The summed E-state index contributed by atoms with van der Waals surface area (Å²) in [6.45, 7) is 6.17. The molecule has 0 amide bonds. The lowest BCUT2D eigenvalue weighted by atomic mass is 9.90. The number of hydrogen-bond donors (Lipinski definition) is 0. The average Bonchev–Trinajstić information content (AvgIpc) is 2.51. The Hall–Kier alpha value is -1.82. The zero-order valence-corrected chi connectivity index (χ0v) is 12.1. The van der Waals surface area contributed by atoms with E-state index in [4.69, 9.17) is 0 Å². The summed E-state index contributed by atoms with van der Waals surface area (Å²) in [6.07, 6.45) is 15.3. The van der Waals surface area contributed by atoms with E-state index in [0.29, 0.717) is 0 Å². The lowest BCUT2D eigenvalue weighted by Gasteiger charge is -2.15. The van der Waals surface area contributed by atoms with Gasteiger partial charge in [0.15, 0.2) is 0 Å². The van der Waals surface area contributed by atoms with E-state index in [2.05, 4.69) is 61.6 Å². The van der Waals surface area contributed by atoms with Crippen LogP contribution in [-0.2, 0) is 6.42 Å². The first kappa shape index (κ1) is 13.6. The van der Waals surface area contributed by atoms with Crippen LogP contribution in [0.15, 0.2) is 60.2 Å². The summed E-state index contributed by atoms with van der Waals surface area (Å²) >= 11 is 0. The fourth-order valence-electron chi connectivity index (χ4n) is 2.48. The second-order valence-electron chi connectivity index (χ2n) is 4.76. The number of fused-ring (bicyclic) bond motifs is 4. The molecule has 19 heavy (non-hydrogen) atoms. The van der Waals surface area contributed by atoms with E-state index < -0.39 is 0 Å². The molecule has 3 rings (SSSR count). The minimum absolute atomic E-state index is 1.02. The quantitative estimate of drug-likeness (QED) is 0.578. The third kappa shape index (κ3) is 3.14. The van der Waals surface area contributed by atoms with E-state index >= 15 is 0 Å². The van der Waals surface area contributed by atoms with Crippen molar-refractivity contribution in [3.8, 4) is 0 Å². The molecule has 0 unspecified atom stereocenters. The number of benzene rings is 1. The molecule has 98 valence electrons. The smallest absolute Gasteiger partial charge is 0.00197 e. The summed E-state index contributed by atoms with van der Waals surface area (Å²) in [5.74, 6) is 0. The molecule has 0 aliphatic heterocycles. The molecule has 2 aliphatic carbocycles. The van der Waals surface area contributed by atoms with Crippen molar-refractivity contribution in [2.45, 2.75) is 33.6 Å². The highest BCUT2D eigenvalue weighted by atomic mass is 14.2. The van der Waals surface area contributed by atoms with Gasteiger partial charge in [0, 0.05) is 0 Å². The summed E-state index contributed by atoms with van der Waals surface area (Å²) in [5, 5.41) is 0. The Morgan fingerprint density at radius 2 is 1.84 bits per heavy atom. The van der Waals surface area contributed by atoms with Crippen LogP contribution in [0, 0.1) is 6.92 Å². The molecular formula is C19H22. The second-order valence-corrected chi connectivity index (χ2v) is 4.76. The molecule has 0 spiro atoms. The van der Waals surface area contributed by atoms with Crippen molar-refractivity contribution >= 4 is 5.57 Å². The lowest BCUT2D eigenvalue weighted by molar-refractivity contribution is 1.21. The van der Waals surface area contributed by atoms with Crippen LogP contribution in [0.5, 0.6) is 0 Å². The highest BCUT2D eigenvalue weighted by Crippen LogP contribution is 2.31. The standard InChI is InChI=1S/C17H16.C2H6/c1-13-9-10-15-7-3-2-5-14-6-4-8-16(12-14)17(15)11-13;1-2/h2-6,8-11H,7,12H2,1H3;1-2H3/b3-2-,14-5-;. The van der Waals surface area contributed by atoms with Gasteiger partial charge in [-0.15, -0.1) is 0 Å². The lowest BCUT2D eigenvalue weighted by Crippen LogP contribution is -1.96. The number of aryl methyl sites for hydroxylation is 1. The summed E-state index contributed by atoms with van der Waals surface area (Å²) in [4.78, 5) is 0. The molecule has 1 aromatic carbocycles. The van der Waals surface area contributed by atoms with Crippen LogP contribution in [0.2, 0.25) is 0 Å². The molecule has 0 aromatic heterocycles. The third-order valence-electron chi connectivity index (χ3n) is 3.40. The Morgan fingerprint density at radius 3 is 2.68 bits per heavy atom. The minimum atomic E-state index is 1.02. The van der Waals surface area contributed by atoms with Crippen molar-refractivity contribution in [1.29, 1.82) is 0 Å². The van der Waals surface area contributed by atoms with E-state index in [1.165, 1.54) is 27.8 Å². The van der Waals surface area contributed by atoms with Gasteiger partial charge in [0.05, 0.1) is 0 Å². The van der Waals surface area contributed by atoms with E-state index in [-0.39, 0.29) is 0 Å². The van der Waals surface area contributed by atoms with Gasteiger partial charge < -0.3 is 0 Å². The molecule has 0 nitrogen and oxygen atoms in total. The highest BCUT2D eigenvalue weighted by molar-refractivity contribution is 5.74. The summed E-state index contributed by atoms with van der Waals surface area (Å²) < 4.78 is 0. The van der Waals surface area contributed by atoms with E-state index in [0.717, 1.165) is 12.8 Å². The van der Waals surface area contributed by atoms with Crippen molar-refractivity contribution in [2.75, 3.05) is 0 Å². The van der Waals surface area contributed by atoms with Gasteiger partial charge in [-0.3, -0.25) is 0 Å². The Kier molecular flexibility index (Phi) is 4.57. The van der Waals surface area contributed by atoms with Gasteiger partial charge in [-0.1, -0.05) is 74.1 Å². The van der Waals surface area contributed by atoms with E-state index in [9.17, 15) is 0 Å². The zero-order valence-electron chi connectivity index (χ0n) is 12.1. The normalized spacial score (nSPS) is 20.4. The molecule has 0 saturated carbocycles. The van der Waals surface area contributed by atoms with Crippen molar-refractivity contribution in [2.24, 2.45) is 0 Å². The Labute approximate surface area is 116 Å². The summed E-state index contributed by atoms with van der Waals surface area (Å²) in [5.41, 5.74) is 7.04. The molecule has 0 saturated heterocycles. The Bertz CT molecular complexity index is 566. The molecule has 0 radical (unpaired) electrons. The third-order valence-corrected chi connectivity index (χ3v) is 3.40. The van der Waals surface area contributed by atoms with Gasteiger partial charge in [0.1, 0.15) is 0 Å². The van der Waals surface area contributed by atoms with Crippen LogP contribution in [0.25, 0.3) is 5.57 Å². The molecule has 2 bridgehead atoms. The maximum absolute atomic E-state index is 2.32. The van der Waals surface area contributed by atoms with Gasteiger partial charge in [-0.2, -0.15) is 0 Å². The van der Waals surface area contributed by atoms with Crippen LogP contribution in [-0.4, -0.2) is 0 Å². The second kappa shape index (κ2) is 6.38. The van der Waals surface area contributed by atoms with E-state index in [1.807, 2.05) is 13.8 Å². The van der Waals surface area contributed by atoms with Crippen molar-refractivity contribution in [3.05, 3.63) is 76.9 Å². The van der Waals surface area contributed by atoms with Gasteiger partial charge in [0.2, 0.25) is 0 Å². The molecule has 0 heterocycles. The topological polar surface area (TPSA) is 0 Å². The molecule has 0 heteroatoms. The van der Waals surface area contributed by atoms with Crippen LogP contribution >= 0.6 is 0 Å². The van der Waals surface area contributed by atoms with E-state index in [1.54, 1.807) is 0 Å². The molecular weight excluding hydrogens is 228 g/mol. The summed E-state index contributed by atoms with van der Waals surface area (Å²) in [6, 6.07) is 6.79. The maximum Gasteiger partial charge on any atom is -0.00197 e. The zero-order chi connectivity index (χ0) is 13.7. The van der Waals surface area contributed by atoms with Crippen molar-refractivity contribution in [1.82, 2.24) is 0 Å². The fourth-order valence-corrected chi connectivity index (χ4v) is 2.48. The van der Waals surface area contributed by atoms with Crippen molar-refractivity contribution < 1.29 is 0 Å². The molecule has 0 fully saturated rings. The molecule has 2 aliphatic rings. The highest BCUT2D eigenvalue weighted by Gasteiger charge is 2.11. The average molecular weight is 250 g/mol. The minimum Gasteiger partial charge on any atom is -0.0801 e. The van der Waals surface area contributed by atoms with Gasteiger partial charge in [-0.05, 0) is 42.0 Å².